The molecule has 0 spiro atoms. The van der Waals surface area contributed by atoms with E-state index in [0.29, 0.717) is 11.3 Å². The van der Waals surface area contributed by atoms with Crippen LogP contribution in [0.25, 0.3) is 0 Å². The fourth-order valence-corrected chi connectivity index (χ4v) is 2.25. The number of amides is 1. The fraction of sp³-hybridized carbons (Fsp3) is 0.438. The number of hydrogen-bond donors (Lipinski definition) is 0. The Kier molecular flexibility index (Phi) is 3.61. The zero-order valence-corrected chi connectivity index (χ0v) is 12.9. The highest BCUT2D eigenvalue weighted by atomic mass is 16.6. The molecular weight excluding hydrogens is 270 g/mol. The molecule has 0 fully saturated rings. The summed E-state index contributed by atoms with van der Waals surface area (Å²) in [6.45, 7) is 8.68. The van der Waals surface area contributed by atoms with E-state index in [-0.39, 0.29) is 0 Å². The molecule has 21 heavy (non-hydrogen) atoms. The van der Waals surface area contributed by atoms with Gasteiger partial charge >= 0.3 is 5.97 Å². The molecular formula is C16H19NO4. The topological polar surface area (TPSA) is 63.7 Å². The molecule has 1 heterocycles. The third-order valence-corrected chi connectivity index (χ3v) is 3.20. The Morgan fingerprint density at radius 2 is 1.86 bits per heavy atom. The maximum atomic E-state index is 12.2. The summed E-state index contributed by atoms with van der Waals surface area (Å²) < 4.78 is 5.29. The van der Waals surface area contributed by atoms with Crippen LogP contribution < -0.4 is 4.90 Å². The number of Topliss-reactive ketones (excluding diaryl/α,β-unsaturated/α-hetero) is 1. The predicted octanol–water partition coefficient (Wildman–Crippen LogP) is 2.25. The van der Waals surface area contributed by atoms with Crippen LogP contribution in [0.4, 0.5) is 5.69 Å². The fourth-order valence-electron chi connectivity index (χ4n) is 2.25. The molecule has 1 unspecified atom stereocenters. The molecule has 5 heteroatoms. The molecule has 0 saturated heterocycles. The van der Waals surface area contributed by atoms with Crippen LogP contribution >= 0.6 is 0 Å². The quantitative estimate of drug-likeness (QED) is 0.619. The smallest absolute Gasteiger partial charge is 0.329 e. The molecule has 112 valence electrons. The molecule has 0 saturated carbocycles. The van der Waals surface area contributed by atoms with Gasteiger partial charge in [0, 0.05) is 0 Å². The molecule has 5 nitrogen and oxygen atoms in total. The number of benzene rings is 1. The Hall–Kier alpha value is -2.17. The molecule has 0 radical (unpaired) electrons. The van der Waals surface area contributed by atoms with Crippen LogP contribution in [0.3, 0.4) is 0 Å². The van der Waals surface area contributed by atoms with Crippen molar-refractivity contribution in [3.63, 3.8) is 0 Å². The van der Waals surface area contributed by atoms with E-state index < -0.39 is 29.3 Å². The summed E-state index contributed by atoms with van der Waals surface area (Å²) in [7, 11) is 0. The van der Waals surface area contributed by atoms with Gasteiger partial charge in [-0.15, -0.1) is 0 Å². The summed E-state index contributed by atoms with van der Waals surface area (Å²) in [4.78, 5) is 37.5. The lowest BCUT2D eigenvalue weighted by Crippen LogP contribution is -2.45. The van der Waals surface area contributed by atoms with Crippen molar-refractivity contribution < 1.29 is 19.1 Å². The summed E-state index contributed by atoms with van der Waals surface area (Å²) in [5.41, 5.74) is 1.06. The van der Waals surface area contributed by atoms with Crippen LogP contribution in [-0.4, -0.2) is 29.3 Å². The van der Waals surface area contributed by atoms with Crippen LogP contribution in [0, 0.1) is 6.92 Å². The number of carbonyl (C=O) groups excluding carboxylic acids is 3. The zero-order valence-electron chi connectivity index (χ0n) is 12.9. The van der Waals surface area contributed by atoms with Crippen LogP contribution in [0.15, 0.2) is 18.2 Å². The average Bonchev–Trinajstić information content (AvgIpc) is 2.59. The largest absolute Gasteiger partial charge is 0.458 e. The summed E-state index contributed by atoms with van der Waals surface area (Å²) in [5, 5.41) is 0. The van der Waals surface area contributed by atoms with E-state index in [1.54, 1.807) is 45.9 Å². The van der Waals surface area contributed by atoms with Crippen molar-refractivity contribution in [1.29, 1.82) is 0 Å². The second-order valence-corrected chi connectivity index (χ2v) is 6.23. The zero-order chi connectivity index (χ0) is 15.9. The van der Waals surface area contributed by atoms with Crippen molar-refractivity contribution in [1.82, 2.24) is 0 Å². The number of carbonyl (C=O) groups is 3. The first-order valence-electron chi connectivity index (χ1n) is 6.83. The van der Waals surface area contributed by atoms with E-state index in [0.717, 1.165) is 5.56 Å². The van der Waals surface area contributed by atoms with E-state index in [2.05, 4.69) is 0 Å². The SMILES string of the molecule is Cc1ccc2c(c1)C(=O)C(=O)N2C(C)C(=O)OC(C)(C)C. The molecule has 1 aromatic carbocycles. The number of anilines is 1. The number of fused-ring (bicyclic) bond motifs is 1. The number of ketones is 1. The number of rotatable bonds is 2. The summed E-state index contributed by atoms with van der Waals surface area (Å²) in [6, 6.07) is 4.32. The molecule has 0 aliphatic carbocycles. The van der Waals surface area contributed by atoms with Gasteiger partial charge in [0.2, 0.25) is 0 Å². The van der Waals surface area contributed by atoms with E-state index in [1.165, 1.54) is 4.90 Å². The van der Waals surface area contributed by atoms with Gasteiger partial charge in [-0.1, -0.05) is 11.6 Å². The van der Waals surface area contributed by atoms with Gasteiger partial charge < -0.3 is 4.74 Å². The van der Waals surface area contributed by atoms with E-state index in [1.807, 2.05) is 6.92 Å². The lowest BCUT2D eigenvalue weighted by Gasteiger charge is -2.27. The highest BCUT2D eigenvalue weighted by Gasteiger charge is 2.41. The lowest BCUT2D eigenvalue weighted by atomic mass is 10.1. The Morgan fingerprint density at radius 3 is 2.43 bits per heavy atom. The van der Waals surface area contributed by atoms with E-state index >= 15 is 0 Å². The standard InChI is InChI=1S/C16H19NO4/c1-9-6-7-12-11(8-9)13(18)14(19)17(12)10(2)15(20)21-16(3,4)5/h6-8,10H,1-5H3. The van der Waals surface area contributed by atoms with Crippen molar-refractivity contribution in [3.05, 3.63) is 29.3 Å². The molecule has 2 rings (SSSR count). The van der Waals surface area contributed by atoms with Crippen molar-refractivity contribution in [2.24, 2.45) is 0 Å². The van der Waals surface area contributed by atoms with Gasteiger partial charge in [-0.2, -0.15) is 0 Å². The molecule has 1 aliphatic rings. The first-order chi connectivity index (χ1) is 9.61. The van der Waals surface area contributed by atoms with E-state index in [9.17, 15) is 14.4 Å². The van der Waals surface area contributed by atoms with Crippen molar-refractivity contribution in [2.45, 2.75) is 46.3 Å². The van der Waals surface area contributed by atoms with Crippen LogP contribution in [0.5, 0.6) is 0 Å². The maximum Gasteiger partial charge on any atom is 0.329 e. The van der Waals surface area contributed by atoms with Gasteiger partial charge in [0.05, 0.1) is 11.3 Å². The van der Waals surface area contributed by atoms with Gasteiger partial charge in [0.25, 0.3) is 11.7 Å². The summed E-state index contributed by atoms with van der Waals surface area (Å²) >= 11 is 0. The minimum atomic E-state index is -0.843. The molecule has 1 atom stereocenters. The third kappa shape index (κ3) is 2.82. The molecule has 1 aromatic rings. The van der Waals surface area contributed by atoms with Gasteiger partial charge in [-0.05, 0) is 46.8 Å². The molecule has 0 aromatic heterocycles. The van der Waals surface area contributed by atoms with Crippen molar-refractivity contribution >= 4 is 23.3 Å². The maximum absolute atomic E-state index is 12.2. The normalized spacial score (nSPS) is 16.0. The van der Waals surface area contributed by atoms with Gasteiger partial charge in [0.1, 0.15) is 11.6 Å². The van der Waals surface area contributed by atoms with Crippen molar-refractivity contribution in [3.8, 4) is 0 Å². The van der Waals surface area contributed by atoms with Crippen LogP contribution in [0.1, 0.15) is 43.6 Å². The number of ether oxygens (including phenoxy) is 1. The van der Waals surface area contributed by atoms with Crippen molar-refractivity contribution in [2.75, 3.05) is 4.90 Å². The highest BCUT2D eigenvalue weighted by molar-refractivity contribution is 6.52. The van der Waals surface area contributed by atoms with Crippen LogP contribution in [0.2, 0.25) is 0 Å². The summed E-state index contributed by atoms with van der Waals surface area (Å²) in [5.74, 6) is -1.80. The first kappa shape index (κ1) is 15.2. The first-order valence-corrected chi connectivity index (χ1v) is 6.83. The lowest BCUT2D eigenvalue weighted by molar-refractivity contribution is -0.156. The highest BCUT2D eigenvalue weighted by Crippen LogP contribution is 2.32. The number of nitrogens with zero attached hydrogens (tertiary/aromatic N) is 1. The minimum absolute atomic E-state index is 0.343. The minimum Gasteiger partial charge on any atom is -0.458 e. The Labute approximate surface area is 123 Å². The monoisotopic (exact) mass is 289 g/mol. The van der Waals surface area contributed by atoms with Gasteiger partial charge in [-0.3, -0.25) is 14.5 Å². The predicted molar refractivity (Wildman–Crippen MR) is 78.3 cm³/mol. The Balaban J connectivity index is 2.35. The average molecular weight is 289 g/mol. The molecule has 1 amide bonds. The summed E-state index contributed by atoms with van der Waals surface area (Å²) in [6.07, 6.45) is 0. The second-order valence-electron chi connectivity index (χ2n) is 6.23. The Morgan fingerprint density at radius 1 is 1.24 bits per heavy atom. The number of hydrogen-bond acceptors (Lipinski definition) is 4. The van der Waals surface area contributed by atoms with Crippen LogP contribution in [-0.2, 0) is 14.3 Å². The second kappa shape index (κ2) is 4.98. The Bertz CT molecular complexity index is 628. The number of aryl methyl sites for hydroxylation is 1. The third-order valence-electron chi connectivity index (χ3n) is 3.20. The van der Waals surface area contributed by atoms with E-state index in [4.69, 9.17) is 4.74 Å². The molecule has 0 bridgehead atoms. The molecule has 1 aliphatic heterocycles. The van der Waals surface area contributed by atoms with Gasteiger partial charge in [-0.25, -0.2) is 4.79 Å². The number of esters is 1. The van der Waals surface area contributed by atoms with Gasteiger partial charge in [0.15, 0.2) is 0 Å². The molecule has 0 N–H and O–H groups in total.